The number of benzene rings is 1. The number of nitrogens with zero attached hydrogens (tertiary/aromatic N) is 1. The predicted molar refractivity (Wildman–Crippen MR) is 66.7 cm³/mol. The van der Waals surface area contributed by atoms with E-state index in [2.05, 4.69) is 47.6 Å². The van der Waals surface area contributed by atoms with E-state index in [0.717, 1.165) is 24.3 Å². The van der Waals surface area contributed by atoms with Gasteiger partial charge in [0.2, 0.25) is 0 Å². The van der Waals surface area contributed by atoms with Gasteiger partial charge in [-0.05, 0) is 43.5 Å². The lowest BCUT2D eigenvalue weighted by Gasteiger charge is -2.13. The van der Waals surface area contributed by atoms with Gasteiger partial charge < -0.3 is 5.32 Å². The van der Waals surface area contributed by atoms with E-state index in [1.165, 1.54) is 17.4 Å². The van der Waals surface area contributed by atoms with Crippen molar-refractivity contribution in [3.05, 3.63) is 41.6 Å². The number of pyridine rings is 1. The molecule has 2 heteroatoms. The minimum atomic E-state index is 0.659. The molecule has 1 aromatic heterocycles. The molecule has 1 aromatic carbocycles. The fourth-order valence-corrected chi connectivity index (χ4v) is 2.60. The van der Waals surface area contributed by atoms with Gasteiger partial charge in [0.15, 0.2) is 0 Å². The molecule has 0 spiro atoms. The van der Waals surface area contributed by atoms with E-state index in [0.29, 0.717) is 5.92 Å². The molecule has 0 bridgehead atoms. The highest BCUT2D eigenvalue weighted by molar-refractivity contribution is 5.83. The van der Waals surface area contributed by atoms with Crippen LogP contribution in [-0.2, 0) is 0 Å². The third-order valence-electron chi connectivity index (χ3n) is 3.38. The van der Waals surface area contributed by atoms with Crippen molar-refractivity contribution in [1.29, 1.82) is 0 Å². The van der Waals surface area contributed by atoms with Gasteiger partial charge in [-0.15, -0.1) is 0 Å². The van der Waals surface area contributed by atoms with Crippen LogP contribution >= 0.6 is 0 Å². The zero-order chi connectivity index (χ0) is 11.0. The monoisotopic (exact) mass is 212 g/mol. The number of aryl methyl sites for hydroxylation is 1. The van der Waals surface area contributed by atoms with Crippen LogP contribution in [0.3, 0.4) is 0 Å². The maximum Gasteiger partial charge on any atom is 0.0708 e. The lowest BCUT2D eigenvalue weighted by Crippen LogP contribution is -2.08. The van der Waals surface area contributed by atoms with E-state index in [1.54, 1.807) is 0 Å². The van der Waals surface area contributed by atoms with E-state index >= 15 is 0 Å². The number of fused-ring (bicyclic) bond motifs is 1. The molecule has 3 rings (SSSR count). The zero-order valence-corrected chi connectivity index (χ0v) is 9.53. The van der Waals surface area contributed by atoms with Crippen LogP contribution < -0.4 is 5.32 Å². The van der Waals surface area contributed by atoms with Crippen LogP contribution in [0.4, 0.5) is 0 Å². The van der Waals surface area contributed by atoms with Crippen LogP contribution in [0.5, 0.6) is 0 Å². The molecule has 1 fully saturated rings. The van der Waals surface area contributed by atoms with Crippen molar-refractivity contribution in [1.82, 2.24) is 10.3 Å². The number of para-hydroxylation sites is 1. The Kier molecular flexibility index (Phi) is 2.37. The molecule has 1 aliphatic heterocycles. The number of hydrogen-bond acceptors (Lipinski definition) is 2. The minimum absolute atomic E-state index is 0.659. The molecule has 1 atom stereocenters. The molecule has 82 valence electrons. The fraction of sp³-hybridized carbons (Fsp3) is 0.357. The van der Waals surface area contributed by atoms with Crippen LogP contribution in [0.25, 0.3) is 10.9 Å². The molecule has 1 unspecified atom stereocenters. The second kappa shape index (κ2) is 3.87. The molecule has 2 nitrogen and oxygen atoms in total. The smallest absolute Gasteiger partial charge is 0.0708 e. The summed E-state index contributed by atoms with van der Waals surface area (Å²) in [5.74, 6) is 0.659. The van der Waals surface area contributed by atoms with Gasteiger partial charge in [0.1, 0.15) is 0 Å². The Morgan fingerprint density at radius 2 is 2.19 bits per heavy atom. The topological polar surface area (TPSA) is 24.9 Å². The second-order valence-electron chi connectivity index (χ2n) is 4.56. The van der Waals surface area contributed by atoms with Gasteiger partial charge in [-0.3, -0.25) is 4.98 Å². The van der Waals surface area contributed by atoms with Crippen molar-refractivity contribution in [3.63, 3.8) is 0 Å². The predicted octanol–water partition coefficient (Wildman–Crippen LogP) is 2.62. The first-order valence-electron chi connectivity index (χ1n) is 5.91. The summed E-state index contributed by atoms with van der Waals surface area (Å²) in [6.07, 6.45) is 1.24. The third-order valence-corrected chi connectivity index (χ3v) is 3.38. The standard InChI is InChI=1S/C14H16N2/c1-10-8-13(11-6-7-15-9-11)12-4-2-3-5-14(12)16-10/h2-5,8,11,15H,6-7,9H2,1H3. The molecule has 1 N–H and O–H groups in total. The first-order valence-corrected chi connectivity index (χ1v) is 5.91. The van der Waals surface area contributed by atoms with Gasteiger partial charge in [0, 0.05) is 17.6 Å². The van der Waals surface area contributed by atoms with Gasteiger partial charge in [-0.1, -0.05) is 18.2 Å². The molecule has 0 aliphatic carbocycles. The van der Waals surface area contributed by atoms with E-state index in [1.807, 2.05) is 0 Å². The minimum Gasteiger partial charge on any atom is -0.316 e. The molecule has 0 radical (unpaired) electrons. The van der Waals surface area contributed by atoms with Crippen molar-refractivity contribution in [2.24, 2.45) is 0 Å². The van der Waals surface area contributed by atoms with Crippen LogP contribution in [-0.4, -0.2) is 18.1 Å². The van der Waals surface area contributed by atoms with Crippen molar-refractivity contribution in [2.75, 3.05) is 13.1 Å². The summed E-state index contributed by atoms with van der Waals surface area (Å²) in [4.78, 5) is 4.59. The summed E-state index contributed by atoms with van der Waals surface area (Å²) >= 11 is 0. The van der Waals surface area contributed by atoms with Gasteiger partial charge in [0.05, 0.1) is 5.52 Å². The fourth-order valence-electron chi connectivity index (χ4n) is 2.60. The first-order chi connectivity index (χ1) is 7.84. The number of aromatic nitrogens is 1. The summed E-state index contributed by atoms with van der Waals surface area (Å²) in [6.45, 7) is 4.33. The largest absolute Gasteiger partial charge is 0.316 e. The molecule has 1 saturated heterocycles. The molecule has 1 aliphatic rings. The maximum absolute atomic E-state index is 4.59. The Bertz CT molecular complexity index is 513. The van der Waals surface area contributed by atoms with Crippen molar-refractivity contribution in [2.45, 2.75) is 19.3 Å². The molecular formula is C14H16N2. The van der Waals surface area contributed by atoms with Gasteiger partial charge in [-0.25, -0.2) is 0 Å². The molecular weight excluding hydrogens is 196 g/mol. The van der Waals surface area contributed by atoms with Crippen LogP contribution in [0.2, 0.25) is 0 Å². The van der Waals surface area contributed by atoms with E-state index in [-0.39, 0.29) is 0 Å². The number of hydrogen-bond donors (Lipinski definition) is 1. The van der Waals surface area contributed by atoms with Crippen LogP contribution in [0, 0.1) is 6.92 Å². The highest BCUT2D eigenvalue weighted by Crippen LogP contribution is 2.29. The average Bonchev–Trinajstić information content (AvgIpc) is 2.81. The normalized spacial score (nSPS) is 20.4. The first kappa shape index (κ1) is 9.79. The van der Waals surface area contributed by atoms with Gasteiger partial charge in [0.25, 0.3) is 0 Å². The van der Waals surface area contributed by atoms with Crippen LogP contribution in [0.1, 0.15) is 23.6 Å². The molecule has 0 saturated carbocycles. The Labute approximate surface area is 95.7 Å². The summed E-state index contributed by atoms with van der Waals surface area (Å²) in [5, 5.41) is 4.76. The van der Waals surface area contributed by atoms with Crippen molar-refractivity contribution in [3.8, 4) is 0 Å². The van der Waals surface area contributed by atoms with E-state index in [9.17, 15) is 0 Å². The summed E-state index contributed by atoms with van der Waals surface area (Å²) < 4.78 is 0. The van der Waals surface area contributed by atoms with Gasteiger partial charge in [-0.2, -0.15) is 0 Å². The number of rotatable bonds is 1. The Morgan fingerprint density at radius 1 is 1.31 bits per heavy atom. The van der Waals surface area contributed by atoms with Crippen LogP contribution in [0.15, 0.2) is 30.3 Å². The maximum atomic E-state index is 4.59. The highest BCUT2D eigenvalue weighted by atomic mass is 14.9. The molecule has 2 heterocycles. The van der Waals surface area contributed by atoms with Crippen molar-refractivity contribution < 1.29 is 0 Å². The van der Waals surface area contributed by atoms with Gasteiger partial charge >= 0.3 is 0 Å². The second-order valence-corrected chi connectivity index (χ2v) is 4.56. The lowest BCUT2D eigenvalue weighted by atomic mass is 9.94. The third kappa shape index (κ3) is 1.59. The lowest BCUT2D eigenvalue weighted by molar-refractivity contribution is 0.768. The van der Waals surface area contributed by atoms with E-state index in [4.69, 9.17) is 0 Å². The average molecular weight is 212 g/mol. The Hall–Kier alpha value is -1.41. The molecule has 16 heavy (non-hydrogen) atoms. The zero-order valence-electron chi connectivity index (χ0n) is 9.53. The Balaban J connectivity index is 2.21. The Morgan fingerprint density at radius 3 is 3.00 bits per heavy atom. The highest BCUT2D eigenvalue weighted by Gasteiger charge is 2.19. The SMILES string of the molecule is Cc1cc(C2CCNC2)c2ccccc2n1. The number of nitrogens with one attached hydrogen (secondary N) is 1. The quantitative estimate of drug-likeness (QED) is 0.786. The summed E-state index contributed by atoms with van der Waals surface area (Å²) in [5.41, 5.74) is 3.72. The molecule has 0 amide bonds. The molecule has 2 aromatic rings. The van der Waals surface area contributed by atoms with E-state index < -0.39 is 0 Å². The van der Waals surface area contributed by atoms with Crippen molar-refractivity contribution >= 4 is 10.9 Å². The summed E-state index contributed by atoms with van der Waals surface area (Å²) in [6, 6.07) is 10.7. The summed E-state index contributed by atoms with van der Waals surface area (Å²) in [7, 11) is 0.